The van der Waals surface area contributed by atoms with Gasteiger partial charge in [-0.15, -0.1) is 0 Å². The normalized spacial score (nSPS) is 14.6. The van der Waals surface area contributed by atoms with E-state index in [-0.39, 0.29) is 36.8 Å². The van der Waals surface area contributed by atoms with Crippen LogP contribution in [0.3, 0.4) is 0 Å². The van der Waals surface area contributed by atoms with Crippen LogP contribution in [0.2, 0.25) is 0 Å². The van der Waals surface area contributed by atoms with Gasteiger partial charge in [0.05, 0.1) is 5.69 Å². The molecule has 130 valence electrons. The molecule has 0 radical (unpaired) electrons. The number of amides is 2. The summed E-state index contributed by atoms with van der Waals surface area (Å²) in [6, 6.07) is 5.07. The topological polar surface area (TPSA) is 75.7 Å². The van der Waals surface area contributed by atoms with Crippen LogP contribution in [0, 0.1) is 0 Å². The lowest BCUT2D eigenvalue weighted by Gasteiger charge is -2.29. The summed E-state index contributed by atoms with van der Waals surface area (Å²) < 4.78 is 5.41. The molecule has 1 aromatic rings. The molecule has 2 rings (SSSR count). The van der Waals surface area contributed by atoms with Crippen LogP contribution < -0.4 is 15.0 Å². The fourth-order valence-electron chi connectivity index (χ4n) is 2.49. The largest absolute Gasteiger partial charge is 0.482 e. The minimum absolute atomic E-state index is 0.0160. The van der Waals surface area contributed by atoms with Crippen molar-refractivity contribution in [3.8, 4) is 5.75 Å². The third-order valence-electron chi connectivity index (χ3n) is 4.02. The predicted molar refractivity (Wildman–Crippen MR) is 91.4 cm³/mol. The summed E-state index contributed by atoms with van der Waals surface area (Å²) >= 11 is 0. The Morgan fingerprint density at radius 1 is 1.33 bits per heavy atom. The number of ketones is 1. The molecule has 24 heavy (non-hydrogen) atoms. The molecule has 0 aromatic heterocycles. The summed E-state index contributed by atoms with van der Waals surface area (Å²) in [5, 5.41) is 2.85. The summed E-state index contributed by atoms with van der Waals surface area (Å²) in [5.41, 5.74) is 1.01. The molecule has 0 fully saturated rings. The molecule has 1 N–H and O–H groups in total. The SMILES string of the molecule is CCCC(=O)c1ccc2c(c1)N(CC(=O)NC(C)CC)C(=O)CO2. The molecule has 1 heterocycles. The van der Waals surface area contributed by atoms with E-state index in [0.717, 1.165) is 12.8 Å². The standard InChI is InChI=1S/C18H24N2O4/c1-4-6-15(21)13-7-8-16-14(9-13)20(18(23)11-24-16)10-17(22)19-12(3)5-2/h7-9,12H,4-6,10-11H2,1-3H3,(H,19,22). The van der Waals surface area contributed by atoms with Crippen molar-refractivity contribution in [3.05, 3.63) is 23.8 Å². The molecule has 1 aromatic carbocycles. The first-order valence-electron chi connectivity index (χ1n) is 8.36. The average Bonchev–Trinajstić information content (AvgIpc) is 2.57. The van der Waals surface area contributed by atoms with Crippen molar-refractivity contribution in [3.63, 3.8) is 0 Å². The van der Waals surface area contributed by atoms with Gasteiger partial charge in [-0.2, -0.15) is 0 Å². The summed E-state index contributed by atoms with van der Waals surface area (Å²) in [4.78, 5) is 37.8. The van der Waals surface area contributed by atoms with Crippen LogP contribution >= 0.6 is 0 Å². The molecule has 0 saturated carbocycles. The molecular formula is C18H24N2O4. The summed E-state index contributed by atoms with van der Waals surface area (Å²) in [7, 11) is 0. The van der Waals surface area contributed by atoms with Gasteiger partial charge in [0.25, 0.3) is 5.91 Å². The number of nitrogens with zero attached hydrogens (tertiary/aromatic N) is 1. The maximum atomic E-state index is 12.2. The molecule has 6 heteroatoms. The summed E-state index contributed by atoms with van der Waals surface area (Å²) in [6.07, 6.45) is 2.02. The van der Waals surface area contributed by atoms with Crippen molar-refractivity contribution in [1.29, 1.82) is 0 Å². The van der Waals surface area contributed by atoms with Crippen molar-refractivity contribution in [2.75, 3.05) is 18.1 Å². The number of hydrogen-bond donors (Lipinski definition) is 1. The van der Waals surface area contributed by atoms with Gasteiger partial charge in [-0.25, -0.2) is 0 Å². The summed E-state index contributed by atoms with van der Waals surface area (Å²) in [6.45, 7) is 5.64. The maximum absolute atomic E-state index is 12.2. The van der Waals surface area contributed by atoms with Crippen molar-refractivity contribution in [2.45, 2.75) is 46.1 Å². The minimum atomic E-state index is -0.290. The number of carbonyl (C=O) groups is 3. The van der Waals surface area contributed by atoms with Gasteiger partial charge in [-0.3, -0.25) is 19.3 Å². The number of fused-ring (bicyclic) bond motifs is 1. The van der Waals surface area contributed by atoms with Gasteiger partial charge in [0.2, 0.25) is 5.91 Å². The van der Waals surface area contributed by atoms with Crippen LogP contribution in [0.4, 0.5) is 5.69 Å². The molecule has 2 amide bonds. The Morgan fingerprint density at radius 3 is 2.75 bits per heavy atom. The molecular weight excluding hydrogens is 308 g/mol. The van der Waals surface area contributed by atoms with Crippen LogP contribution in [0.5, 0.6) is 5.75 Å². The number of nitrogens with one attached hydrogen (secondary N) is 1. The Hall–Kier alpha value is -2.37. The highest BCUT2D eigenvalue weighted by Gasteiger charge is 2.28. The molecule has 0 saturated heterocycles. The molecule has 0 bridgehead atoms. The molecule has 1 unspecified atom stereocenters. The zero-order valence-electron chi connectivity index (χ0n) is 14.4. The van der Waals surface area contributed by atoms with E-state index in [1.807, 2.05) is 20.8 Å². The number of hydrogen-bond acceptors (Lipinski definition) is 4. The quantitative estimate of drug-likeness (QED) is 0.778. The highest BCUT2D eigenvalue weighted by molar-refractivity contribution is 6.04. The second-order valence-electron chi connectivity index (χ2n) is 6.00. The average molecular weight is 332 g/mol. The van der Waals surface area contributed by atoms with Crippen molar-refractivity contribution >= 4 is 23.3 Å². The Balaban J connectivity index is 2.24. The van der Waals surface area contributed by atoms with E-state index in [9.17, 15) is 14.4 Å². The van der Waals surface area contributed by atoms with Gasteiger partial charge in [-0.05, 0) is 38.0 Å². The van der Waals surface area contributed by atoms with E-state index in [4.69, 9.17) is 4.74 Å². The molecule has 6 nitrogen and oxygen atoms in total. The maximum Gasteiger partial charge on any atom is 0.265 e. The van der Waals surface area contributed by atoms with Gasteiger partial charge in [0.1, 0.15) is 12.3 Å². The number of benzene rings is 1. The monoisotopic (exact) mass is 332 g/mol. The molecule has 0 spiro atoms. The first-order chi connectivity index (χ1) is 11.5. The van der Waals surface area contributed by atoms with Crippen molar-refractivity contribution in [1.82, 2.24) is 5.32 Å². The lowest BCUT2D eigenvalue weighted by atomic mass is 10.0. The molecule has 1 aliphatic rings. The highest BCUT2D eigenvalue weighted by Crippen LogP contribution is 2.33. The zero-order chi connectivity index (χ0) is 17.7. The van der Waals surface area contributed by atoms with Gasteiger partial charge in [0.15, 0.2) is 12.4 Å². The van der Waals surface area contributed by atoms with Crippen molar-refractivity contribution in [2.24, 2.45) is 0 Å². The second kappa shape index (κ2) is 7.95. The van der Waals surface area contributed by atoms with E-state index in [0.29, 0.717) is 23.4 Å². The first-order valence-corrected chi connectivity index (χ1v) is 8.36. The van der Waals surface area contributed by atoms with Crippen LogP contribution in [-0.4, -0.2) is 36.8 Å². The number of ether oxygens (including phenoxy) is 1. The first kappa shape index (κ1) is 18.0. The summed E-state index contributed by atoms with van der Waals surface area (Å²) in [5.74, 6) is 0.0130. The number of rotatable bonds is 7. The van der Waals surface area contributed by atoms with Gasteiger partial charge >= 0.3 is 0 Å². The Morgan fingerprint density at radius 2 is 2.08 bits per heavy atom. The number of anilines is 1. The second-order valence-corrected chi connectivity index (χ2v) is 6.00. The Bertz CT molecular complexity index is 642. The predicted octanol–water partition coefficient (Wildman–Crippen LogP) is 2.31. The third kappa shape index (κ3) is 4.13. The van der Waals surface area contributed by atoms with Gasteiger partial charge < -0.3 is 10.1 Å². The molecule has 1 aliphatic heterocycles. The fraction of sp³-hybridized carbons (Fsp3) is 0.500. The van der Waals surface area contributed by atoms with Gasteiger partial charge in [-0.1, -0.05) is 13.8 Å². The molecule has 0 aliphatic carbocycles. The third-order valence-corrected chi connectivity index (χ3v) is 4.02. The van der Waals surface area contributed by atoms with Crippen LogP contribution in [0.25, 0.3) is 0 Å². The minimum Gasteiger partial charge on any atom is -0.482 e. The van der Waals surface area contributed by atoms with E-state index in [1.54, 1.807) is 18.2 Å². The zero-order valence-corrected chi connectivity index (χ0v) is 14.4. The van der Waals surface area contributed by atoms with E-state index >= 15 is 0 Å². The lowest BCUT2D eigenvalue weighted by molar-refractivity contribution is -0.125. The molecule has 1 atom stereocenters. The number of Topliss-reactive ketones (excluding diaryl/α,β-unsaturated/α-hetero) is 1. The van der Waals surface area contributed by atoms with Crippen LogP contribution in [0.1, 0.15) is 50.4 Å². The van der Waals surface area contributed by atoms with Gasteiger partial charge in [0, 0.05) is 18.0 Å². The lowest BCUT2D eigenvalue weighted by Crippen LogP contribution is -2.46. The fourth-order valence-corrected chi connectivity index (χ4v) is 2.49. The number of carbonyl (C=O) groups excluding carboxylic acids is 3. The van der Waals surface area contributed by atoms with E-state index in [1.165, 1.54) is 4.90 Å². The Kier molecular flexibility index (Phi) is 5.95. The van der Waals surface area contributed by atoms with E-state index in [2.05, 4.69) is 5.32 Å². The Labute approximate surface area is 142 Å². The van der Waals surface area contributed by atoms with Crippen molar-refractivity contribution < 1.29 is 19.1 Å². The highest BCUT2D eigenvalue weighted by atomic mass is 16.5. The smallest absolute Gasteiger partial charge is 0.265 e. The van der Waals surface area contributed by atoms with Crippen LogP contribution in [-0.2, 0) is 9.59 Å². The van der Waals surface area contributed by atoms with E-state index < -0.39 is 0 Å². The van der Waals surface area contributed by atoms with Crippen LogP contribution in [0.15, 0.2) is 18.2 Å².